The average Bonchev–Trinajstić information content (AvgIpc) is 2.34. The highest BCUT2D eigenvalue weighted by atomic mass is 32.2. The molecule has 0 aliphatic rings. The molecule has 0 aromatic carbocycles. The minimum Gasteiger partial charge on any atom is -0.252 e. The van der Waals surface area contributed by atoms with Crippen molar-refractivity contribution in [1.82, 2.24) is 19.1 Å². The molecule has 0 N–H and O–H groups in total. The molecule has 0 atom stereocenters. The van der Waals surface area contributed by atoms with Gasteiger partial charge in [0.2, 0.25) is 10.0 Å². The molecule has 6 nitrogen and oxygen atoms in total. The fourth-order valence-electron chi connectivity index (χ4n) is 0.780. The van der Waals surface area contributed by atoms with Gasteiger partial charge in [-0.2, -0.15) is 9.40 Å². The Morgan fingerprint density at radius 3 is 2.62 bits per heavy atom. The van der Waals surface area contributed by atoms with Gasteiger partial charge in [0.1, 0.15) is 12.2 Å². The van der Waals surface area contributed by atoms with Gasteiger partial charge < -0.3 is 0 Å². The lowest BCUT2D eigenvalue weighted by Crippen LogP contribution is -2.26. The molecule has 0 aliphatic heterocycles. The molecule has 1 heterocycles. The second-order valence-corrected chi connectivity index (χ2v) is 4.91. The number of rotatable bonds is 3. The fraction of sp³-hybridized carbons (Fsp3) is 0.667. The molecule has 0 fully saturated rings. The van der Waals surface area contributed by atoms with E-state index in [2.05, 4.69) is 10.1 Å². The lowest BCUT2D eigenvalue weighted by molar-refractivity contribution is 0.452. The molecule has 7 heteroatoms. The molecule has 0 saturated heterocycles. The zero-order valence-corrected chi connectivity index (χ0v) is 8.61. The molecule has 0 unspecified atom stereocenters. The summed E-state index contributed by atoms with van der Waals surface area (Å²) in [6.07, 6.45) is 2.55. The molecule has 0 bridgehead atoms. The number of aryl methyl sites for hydroxylation is 1. The minimum atomic E-state index is -3.14. The average molecular weight is 204 g/mol. The van der Waals surface area contributed by atoms with E-state index in [1.54, 1.807) is 11.7 Å². The van der Waals surface area contributed by atoms with Crippen LogP contribution < -0.4 is 0 Å². The first-order valence-electron chi connectivity index (χ1n) is 3.65. The Labute approximate surface area is 77.2 Å². The number of sulfonamides is 1. The van der Waals surface area contributed by atoms with E-state index in [4.69, 9.17) is 0 Å². The van der Waals surface area contributed by atoms with Crippen molar-refractivity contribution in [2.24, 2.45) is 7.05 Å². The van der Waals surface area contributed by atoms with Crippen LogP contribution in [0.3, 0.4) is 0 Å². The van der Waals surface area contributed by atoms with Gasteiger partial charge in [0.15, 0.2) is 0 Å². The quantitative estimate of drug-likeness (QED) is 0.647. The van der Waals surface area contributed by atoms with Gasteiger partial charge in [-0.25, -0.2) is 13.4 Å². The first-order chi connectivity index (χ1) is 5.91. The number of hydrogen-bond acceptors (Lipinski definition) is 4. The molecule has 1 aromatic heterocycles. The first-order valence-corrected chi connectivity index (χ1v) is 5.50. The molecule has 13 heavy (non-hydrogen) atoms. The van der Waals surface area contributed by atoms with E-state index in [0.29, 0.717) is 5.82 Å². The highest BCUT2D eigenvalue weighted by Crippen LogP contribution is 2.00. The third kappa shape index (κ3) is 2.49. The van der Waals surface area contributed by atoms with Crippen LogP contribution >= 0.6 is 0 Å². The van der Waals surface area contributed by atoms with E-state index in [1.807, 2.05) is 0 Å². The first kappa shape index (κ1) is 10.1. The zero-order valence-electron chi connectivity index (χ0n) is 7.80. The third-order valence-electron chi connectivity index (χ3n) is 1.74. The van der Waals surface area contributed by atoms with Crippen molar-refractivity contribution in [3.63, 3.8) is 0 Å². The molecule has 0 aliphatic carbocycles. The summed E-state index contributed by atoms with van der Waals surface area (Å²) in [7, 11) is 0.0812. The van der Waals surface area contributed by atoms with Crippen molar-refractivity contribution in [3.8, 4) is 0 Å². The van der Waals surface area contributed by atoms with Crippen LogP contribution in [0.4, 0.5) is 0 Å². The van der Waals surface area contributed by atoms with Crippen molar-refractivity contribution in [2.75, 3.05) is 13.3 Å². The van der Waals surface area contributed by atoms with E-state index < -0.39 is 10.0 Å². The van der Waals surface area contributed by atoms with Crippen molar-refractivity contribution in [3.05, 3.63) is 12.2 Å². The zero-order chi connectivity index (χ0) is 10.1. The van der Waals surface area contributed by atoms with Gasteiger partial charge >= 0.3 is 0 Å². The Bertz CT molecular complexity index is 383. The van der Waals surface area contributed by atoms with Crippen molar-refractivity contribution in [1.29, 1.82) is 0 Å². The Kier molecular flexibility index (Phi) is 2.67. The Hall–Kier alpha value is -0.950. The Morgan fingerprint density at radius 2 is 2.23 bits per heavy atom. The van der Waals surface area contributed by atoms with Gasteiger partial charge in [0, 0.05) is 14.1 Å². The van der Waals surface area contributed by atoms with Crippen molar-refractivity contribution < 1.29 is 8.42 Å². The van der Waals surface area contributed by atoms with Gasteiger partial charge in [-0.15, -0.1) is 0 Å². The molecule has 1 aromatic rings. The van der Waals surface area contributed by atoms with Crippen LogP contribution in [-0.2, 0) is 23.6 Å². The summed E-state index contributed by atoms with van der Waals surface area (Å²) in [5.41, 5.74) is 0. The van der Waals surface area contributed by atoms with Gasteiger partial charge in [-0.1, -0.05) is 0 Å². The maximum atomic E-state index is 11.0. The molecular formula is C6H12N4O2S. The molecule has 0 radical (unpaired) electrons. The maximum Gasteiger partial charge on any atom is 0.211 e. The Morgan fingerprint density at radius 1 is 1.62 bits per heavy atom. The number of hydrogen-bond donors (Lipinski definition) is 0. The number of nitrogens with zero attached hydrogens (tertiary/aromatic N) is 4. The summed E-state index contributed by atoms with van der Waals surface area (Å²) in [4.78, 5) is 3.92. The van der Waals surface area contributed by atoms with Crippen molar-refractivity contribution in [2.45, 2.75) is 6.54 Å². The van der Waals surface area contributed by atoms with Gasteiger partial charge in [-0.05, 0) is 0 Å². The van der Waals surface area contributed by atoms with E-state index in [-0.39, 0.29) is 6.54 Å². The monoisotopic (exact) mass is 204 g/mol. The van der Waals surface area contributed by atoms with Crippen LogP contribution in [0.2, 0.25) is 0 Å². The van der Waals surface area contributed by atoms with Gasteiger partial charge in [0.05, 0.1) is 12.8 Å². The van der Waals surface area contributed by atoms with E-state index in [9.17, 15) is 8.42 Å². The lowest BCUT2D eigenvalue weighted by atomic mass is 10.6. The summed E-state index contributed by atoms with van der Waals surface area (Å²) in [5.74, 6) is 0.618. The molecule has 0 saturated carbocycles. The third-order valence-corrected chi connectivity index (χ3v) is 3.00. The molecule has 0 spiro atoms. The summed E-state index contributed by atoms with van der Waals surface area (Å²) in [5, 5.41) is 3.84. The SMILES string of the molecule is CN(Cc1ncnn1C)S(C)(=O)=O. The lowest BCUT2D eigenvalue weighted by Gasteiger charge is -2.12. The summed E-state index contributed by atoms with van der Waals surface area (Å²) < 4.78 is 24.8. The van der Waals surface area contributed by atoms with Crippen LogP contribution in [0, 0.1) is 0 Å². The largest absolute Gasteiger partial charge is 0.252 e. The molecule has 1 rings (SSSR count). The smallest absolute Gasteiger partial charge is 0.211 e. The summed E-state index contributed by atoms with van der Waals surface area (Å²) in [6.45, 7) is 0.245. The highest BCUT2D eigenvalue weighted by molar-refractivity contribution is 7.88. The van der Waals surface area contributed by atoms with Crippen molar-refractivity contribution >= 4 is 10.0 Å². The van der Waals surface area contributed by atoms with Crippen LogP contribution in [-0.4, -0.2) is 40.8 Å². The van der Waals surface area contributed by atoms with Gasteiger partial charge in [-0.3, -0.25) is 4.68 Å². The summed E-state index contributed by atoms with van der Waals surface area (Å²) >= 11 is 0. The van der Waals surface area contributed by atoms with E-state index in [0.717, 1.165) is 6.26 Å². The maximum absolute atomic E-state index is 11.0. The van der Waals surface area contributed by atoms with E-state index >= 15 is 0 Å². The van der Waals surface area contributed by atoms with Crippen LogP contribution in [0.25, 0.3) is 0 Å². The highest BCUT2D eigenvalue weighted by Gasteiger charge is 2.13. The summed E-state index contributed by atoms with van der Waals surface area (Å²) in [6, 6.07) is 0. The van der Waals surface area contributed by atoms with E-state index in [1.165, 1.54) is 17.7 Å². The van der Waals surface area contributed by atoms with Crippen LogP contribution in [0.5, 0.6) is 0 Å². The minimum absolute atomic E-state index is 0.245. The molecule has 74 valence electrons. The predicted molar refractivity (Wildman–Crippen MR) is 47.3 cm³/mol. The fourth-order valence-corrected chi connectivity index (χ4v) is 1.13. The van der Waals surface area contributed by atoms with Crippen LogP contribution in [0.1, 0.15) is 5.82 Å². The standard InChI is InChI=1S/C6H12N4O2S/c1-9(13(3,11)12)4-6-7-5-8-10(6)2/h5H,4H2,1-3H3. The second kappa shape index (κ2) is 3.43. The number of aromatic nitrogens is 3. The Balaban J connectivity index is 2.77. The second-order valence-electron chi connectivity index (χ2n) is 2.82. The normalized spacial score (nSPS) is 12.3. The van der Waals surface area contributed by atoms with Crippen LogP contribution in [0.15, 0.2) is 6.33 Å². The topological polar surface area (TPSA) is 68.1 Å². The molecular weight excluding hydrogens is 192 g/mol. The molecule has 0 amide bonds. The van der Waals surface area contributed by atoms with Gasteiger partial charge in [0.25, 0.3) is 0 Å². The predicted octanol–water partition coefficient (Wildman–Crippen LogP) is -0.793.